The highest BCUT2D eigenvalue weighted by atomic mass is 16.1. The average molecular weight is 370 g/mol. The smallest absolute Gasteiger partial charge is 0.139 e. The van der Waals surface area contributed by atoms with E-state index in [1.807, 2.05) is 0 Å². The van der Waals surface area contributed by atoms with Crippen LogP contribution in [0.3, 0.4) is 0 Å². The maximum Gasteiger partial charge on any atom is 0.139 e. The number of fused-ring (bicyclic) bond motifs is 5. The molecule has 0 spiro atoms. The minimum atomic E-state index is 0.0232. The molecule has 5 fully saturated rings. The monoisotopic (exact) mass is 369 g/mol. The Balaban J connectivity index is 1.35. The van der Waals surface area contributed by atoms with E-state index in [9.17, 15) is 4.79 Å². The van der Waals surface area contributed by atoms with Crippen LogP contribution in [0.5, 0.6) is 0 Å². The summed E-state index contributed by atoms with van der Waals surface area (Å²) < 4.78 is 0. The Hall–Kier alpha value is -0.630. The molecular formula is C25H39NO. The number of rotatable bonds is 2. The van der Waals surface area contributed by atoms with Crippen molar-refractivity contribution in [2.45, 2.75) is 72.1 Å². The number of ketones is 1. The molecule has 0 aromatic carbocycles. The molecule has 4 saturated carbocycles. The van der Waals surface area contributed by atoms with Crippen LogP contribution in [0.15, 0.2) is 12.2 Å². The zero-order valence-corrected chi connectivity index (χ0v) is 17.7. The molecular weight excluding hydrogens is 330 g/mol. The fourth-order valence-corrected chi connectivity index (χ4v) is 8.38. The van der Waals surface area contributed by atoms with Gasteiger partial charge in [0.15, 0.2) is 0 Å². The van der Waals surface area contributed by atoms with Gasteiger partial charge in [0.05, 0.1) is 0 Å². The van der Waals surface area contributed by atoms with Crippen LogP contribution in [0, 0.1) is 52.3 Å². The van der Waals surface area contributed by atoms with Crippen LogP contribution < -0.4 is 5.32 Å². The molecule has 8 atom stereocenters. The second-order valence-corrected chi connectivity index (χ2v) is 11.5. The van der Waals surface area contributed by atoms with Crippen molar-refractivity contribution >= 4 is 5.78 Å². The van der Waals surface area contributed by atoms with Gasteiger partial charge >= 0.3 is 0 Å². The molecule has 0 radical (unpaired) electrons. The standard InChI is InChI=1S/C25H39NO/c1-16-12-19-13-17(4-5-18-14-26-15-18)8-10-24(19,2)21-9-11-25(3)20(23(16)21)6-7-22(25)27/h4-5,16-21,23,26H,6-15H2,1-3H3/b5-4-/t16-,17-,19?,20+,21+,23+,24+,25+/m1/s1. The quantitative estimate of drug-likeness (QED) is 0.675. The Morgan fingerprint density at radius 1 is 0.963 bits per heavy atom. The number of carbonyl (C=O) groups excluding carboxylic acids is 1. The Kier molecular flexibility index (Phi) is 4.39. The molecule has 150 valence electrons. The largest absolute Gasteiger partial charge is 0.315 e. The van der Waals surface area contributed by atoms with E-state index >= 15 is 0 Å². The van der Waals surface area contributed by atoms with Gasteiger partial charge in [-0.25, -0.2) is 0 Å². The van der Waals surface area contributed by atoms with Gasteiger partial charge in [-0.1, -0.05) is 32.9 Å². The first-order valence-corrected chi connectivity index (χ1v) is 11.8. The van der Waals surface area contributed by atoms with Crippen molar-refractivity contribution in [1.82, 2.24) is 5.32 Å². The van der Waals surface area contributed by atoms with Crippen molar-refractivity contribution in [1.29, 1.82) is 0 Å². The highest BCUT2D eigenvalue weighted by Crippen LogP contribution is 2.67. The number of hydrogen-bond donors (Lipinski definition) is 1. The zero-order valence-electron chi connectivity index (χ0n) is 17.7. The predicted molar refractivity (Wildman–Crippen MR) is 110 cm³/mol. The summed E-state index contributed by atoms with van der Waals surface area (Å²) in [6.45, 7) is 9.87. The summed E-state index contributed by atoms with van der Waals surface area (Å²) in [7, 11) is 0. The van der Waals surface area contributed by atoms with E-state index in [-0.39, 0.29) is 5.41 Å². The Labute approximate surface area is 165 Å². The van der Waals surface area contributed by atoms with Gasteiger partial charge in [-0.05, 0) is 85.9 Å². The maximum absolute atomic E-state index is 12.7. The van der Waals surface area contributed by atoms with E-state index in [0.29, 0.717) is 17.1 Å². The summed E-state index contributed by atoms with van der Waals surface area (Å²) in [5.74, 6) is 6.27. The molecule has 0 aromatic rings. The summed E-state index contributed by atoms with van der Waals surface area (Å²) in [4.78, 5) is 12.7. The van der Waals surface area contributed by atoms with Crippen molar-refractivity contribution in [3.8, 4) is 0 Å². The highest BCUT2D eigenvalue weighted by Gasteiger charge is 2.61. The first-order chi connectivity index (χ1) is 12.9. The zero-order chi connectivity index (χ0) is 18.8. The molecule has 27 heavy (non-hydrogen) atoms. The molecule has 0 amide bonds. The maximum atomic E-state index is 12.7. The van der Waals surface area contributed by atoms with E-state index in [1.165, 1.54) is 58.0 Å². The SMILES string of the molecule is C[C@@H]1CC2C[C@H](/C=C\C3CNC3)CC[C@]2(C)[C@H]2CC[C@]3(C)C(=O)CC[C@H]3[C@H]12. The molecule has 1 aliphatic heterocycles. The molecule has 1 heterocycles. The molecule has 2 heteroatoms. The lowest BCUT2D eigenvalue weighted by atomic mass is 9.42. The summed E-state index contributed by atoms with van der Waals surface area (Å²) in [6.07, 6.45) is 15.3. The number of carbonyl (C=O) groups is 1. The molecule has 1 saturated heterocycles. The van der Waals surface area contributed by atoms with Crippen molar-refractivity contribution in [3.63, 3.8) is 0 Å². The lowest BCUT2D eigenvalue weighted by Crippen LogP contribution is -2.56. The summed E-state index contributed by atoms with van der Waals surface area (Å²) in [6, 6.07) is 0. The van der Waals surface area contributed by atoms with Gasteiger partial charge in [0.25, 0.3) is 0 Å². The molecule has 2 nitrogen and oxygen atoms in total. The van der Waals surface area contributed by atoms with E-state index < -0.39 is 0 Å². The first-order valence-electron chi connectivity index (χ1n) is 11.8. The van der Waals surface area contributed by atoms with Gasteiger partial charge in [-0.3, -0.25) is 4.79 Å². The van der Waals surface area contributed by atoms with E-state index in [0.717, 1.165) is 41.9 Å². The fraction of sp³-hybridized carbons (Fsp3) is 0.880. The molecule has 0 aromatic heterocycles. The second kappa shape index (κ2) is 6.44. The van der Waals surface area contributed by atoms with Gasteiger partial charge in [0, 0.05) is 30.8 Å². The minimum absolute atomic E-state index is 0.0232. The van der Waals surface area contributed by atoms with Gasteiger partial charge in [0.1, 0.15) is 5.78 Å². The number of hydrogen-bond acceptors (Lipinski definition) is 2. The van der Waals surface area contributed by atoms with Crippen LogP contribution >= 0.6 is 0 Å². The minimum Gasteiger partial charge on any atom is -0.315 e. The van der Waals surface area contributed by atoms with Crippen LogP contribution in [-0.4, -0.2) is 18.9 Å². The van der Waals surface area contributed by atoms with Crippen LogP contribution in [0.1, 0.15) is 72.1 Å². The van der Waals surface area contributed by atoms with E-state index in [4.69, 9.17) is 0 Å². The van der Waals surface area contributed by atoms with Crippen molar-refractivity contribution in [2.75, 3.05) is 13.1 Å². The second-order valence-electron chi connectivity index (χ2n) is 11.5. The lowest BCUT2D eigenvalue weighted by Gasteiger charge is -2.62. The summed E-state index contributed by atoms with van der Waals surface area (Å²) in [5.41, 5.74) is 0.557. The predicted octanol–water partition coefficient (Wildman–Crippen LogP) is 5.24. The molecule has 1 N–H and O–H groups in total. The third-order valence-electron chi connectivity index (χ3n) is 10.2. The number of nitrogens with one attached hydrogen (secondary N) is 1. The van der Waals surface area contributed by atoms with Crippen LogP contribution in [0.4, 0.5) is 0 Å². The number of Topliss-reactive ketones (excluding diaryl/α,β-unsaturated/α-hetero) is 1. The molecule has 5 rings (SSSR count). The average Bonchev–Trinajstić information content (AvgIpc) is 2.90. The Morgan fingerprint density at radius 3 is 2.48 bits per heavy atom. The summed E-state index contributed by atoms with van der Waals surface area (Å²) in [5, 5.41) is 3.39. The third-order valence-corrected chi connectivity index (χ3v) is 10.2. The topological polar surface area (TPSA) is 29.1 Å². The molecule has 0 bridgehead atoms. The lowest BCUT2D eigenvalue weighted by molar-refractivity contribution is -0.148. The molecule has 4 aliphatic carbocycles. The van der Waals surface area contributed by atoms with Crippen LogP contribution in [0.25, 0.3) is 0 Å². The van der Waals surface area contributed by atoms with Crippen molar-refractivity contribution in [2.24, 2.45) is 52.3 Å². The van der Waals surface area contributed by atoms with Crippen LogP contribution in [0.2, 0.25) is 0 Å². The number of allylic oxidation sites excluding steroid dienone is 1. The van der Waals surface area contributed by atoms with E-state index in [2.05, 4.69) is 38.2 Å². The van der Waals surface area contributed by atoms with Crippen LogP contribution in [-0.2, 0) is 4.79 Å². The third kappa shape index (κ3) is 2.72. The Bertz CT molecular complexity index is 636. The normalized spacial score (nSPS) is 52.9. The van der Waals surface area contributed by atoms with Gasteiger partial charge in [0.2, 0.25) is 0 Å². The fourth-order valence-electron chi connectivity index (χ4n) is 8.38. The van der Waals surface area contributed by atoms with Gasteiger partial charge in [-0.2, -0.15) is 0 Å². The molecule has 5 aliphatic rings. The van der Waals surface area contributed by atoms with Gasteiger partial charge in [-0.15, -0.1) is 0 Å². The van der Waals surface area contributed by atoms with Crippen molar-refractivity contribution < 1.29 is 4.79 Å². The highest BCUT2D eigenvalue weighted by molar-refractivity contribution is 5.87. The summed E-state index contributed by atoms with van der Waals surface area (Å²) >= 11 is 0. The Morgan fingerprint density at radius 2 is 1.74 bits per heavy atom. The van der Waals surface area contributed by atoms with E-state index in [1.54, 1.807) is 0 Å². The van der Waals surface area contributed by atoms with Crippen molar-refractivity contribution in [3.05, 3.63) is 12.2 Å². The first kappa shape index (κ1) is 18.4. The van der Waals surface area contributed by atoms with Gasteiger partial charge < -0.3 is 5.32 Å². The molecule has 1 unspecified atom stereocenters.